The Morgan fingerprint density at radius 3 is 1.66 bits per heavy atom. The highest BCUT2D eigenvalue weighted by Gasteiger charge is 2.59. The summed E-state index contributed by atoms with van der Waals surface area (Å²) in [7, 11) is 0. The van der Waals surface area contributed by atoms with E-state index < -0.39 is 34.7 Å². The number of nitrogens with zero attached hydrogens (tertiary/aromatic N) is 1. The van der Waals surface area contributed by atoms with Gasteiger partial charge < -0.3 is 25.5 Å². The van der Waals surface area contributed by atoms with Gasteiger partial charge >= 0.3 is 23.9 Å². The first kappa shape index (κ1) is 38.7. The van der Waals surface area contributed by atoms with Crippen molar-refractivity contribution in [3.8, 4) is 0 Å². The first-order valence-electron chi connectivity index (χ1n) is 17.6. The number of fused-ring (bicyclic) bond motifs is 6. The number of aliphatic hydroxyl groups excluding tert-OH is 1. The van der Waals surface area contributed by atoms with Crippen molar-refractivity contribution in [3.63, 3.8) is 0 Å². The molecule has 1 heterocycles. The van der Waals surface area contributed by atoms with Gasteiger partial charge in [0.2, 0.25) is 0 Å². The smallest absolute Gasteiger partial charge is 0.310 e. The van der Waals surface area contributed by atoms with E-state index in [9.17, 15) is 39.0 Å². The quantitative estimate of drug-likeness (QED) is 0.163. The fraction of sp³-hybridized carbons (Fsp3) is 0.632. The van der Waals surface area contributed by atoms with Gasteiger partial charge in [-0.15, -0.1) is 0 Å². The van der Waals surface area contributed by atoms with Gasteiger partial charge in [0.05, 0.1) is 16.7 Å². The van der Waals surface area contributed by atoms with Crippen LogP contribution in [-0.4, -0.2) is 79.3 Å². The number of carboxylic acid groups (broad SMARTS) is 4. The summed E-state index contributed by atoms with van der Waals surface area (Å²) in [5, 5.41) is 44.6. The van der Waals surface area contributed by atoms with Crippen molar-refractivity contribution < 1.29 is 54.3 Å². The molecule has 0 spiro atoms. The number of rotatable bonds is 9. The lowest BCUT2D eigenvalue weighted by Gasteiger charge is -2.42. The van der Waals surface area contributed by atoms with Gasteiger partial charge in [-0.25, -0.2) is 0 Å². The minimum absolute atomic E-state index is 0.0244. The maximum Gasteiger partial charge on any atom is 0.310 e. The Labute approximate surface area is 292 Å². The molecule has 0 aromatic heterocycles. The minimum Gasteiger partial charge on any atom is -0.481 e. The SMILES string of the molecule is CC(C)(C)C1(C(=O)O)CC2C=CC1C2.O=C(O)C1(CCO)CC2C=CC1C2.O=C(O)C1CC2C=CC1C2.O=C(O)CCCN1C(=O)C=CC1=O. The van der Waals surface area contributed by atoms with Gasteiger partial charge in [-0.3, -0.25) is 33.7 Å². The van der Waals surface area contributed by atoms with E-state index in [2.05, 4.69) is 51.2 Å². The Morgan fingerprint density at radius 1 is 0.760 bits per heavy atom. The zero-order valence-electron chi connectivity index (χ0n) is 29.1. The molecule has 9 atom stereocenters. The number of carbonyl (C=O) groups is 6. The summed E-state index contributed by atoms with van der Waals surface area (Å²) in [5.41, 5.74) is -1.33. The highest BCUT2D eigenvalue weighted by Crippen LogP contribution is 2.60. The van der Waals surface area contributed by atoms with Crippen LogP contribution in [0, 0.1) is 57.7 Å². The molecule has 9 unspecified atom stereocenters. The lowest BCUT2D eigenvalue weighted by molar-refractivity contribution is -0.159. The Balaban J connectivity index is 0.000000151. The van der Waals surface area contributed by atoms with Crippen LogP contribution < -0.4 is 0 Å². The number of allylic oxidation sites excluding steroid dienone is 6. The average Bonchev–Trinajstić information content (AvgIpc) is 3.90. The number of imide groups is 1. The van der Waals surface area contributed by atoms with E-state index in [0.29, 0.717) is 42.9 Å². The van der Waals surface area contributed by atoms with Crippen LogP contribution in [0.4, 0.5) is 0 Å². The monoisotopic (exact) mass is 697 g/mol. The number of carbonyl (C=O) groups excluding carboxylic acids is 2. The van der Waals surface area contributed by atoms with Crippen molar-refractivity contribution in [1.29, 1.82) is 0 Å². The zero-order chi connectivity index (χ0) is 37.0. The molecule has 274 valence electrons. The number of aliphatic carboxylic acids is 4. The fourth-order valence-corrected chi connectivity index (χ4v) is 9.18. The molecule has 2 amide bonds. The molecule has 6 bridgehead atoms. The van der Waals surface area contributed by atoms with Crippen LogP contribution in [0.2, 0.25) is 0 Å². The van der Waals surface area contributed by atoms with Crippen LogP contribution in [-0.2, 0) is 28.8 Å². The van der Waals surface area contributed by atoms with Crippen LogP contribution in [0.3, 0.4) is 0 Å². The lowest BCUT2D eigenvalue weighted by atomic mass is 9.60. The van der Waals surface area contributed by atoms with Crippen molar-refractivity contribution in [3.05, 3.63) is 48.6 Å². The molecule has 1 aliphatic heterocycles. The maximum absolute atomic E-state index is 11.5. The molecule has 7 rings (SSSR count). The van der Waals surface area contributed by atoms with E-state index in [1.54, 1.807) is 0 Å². The minimum atomic E-state index is -0.924. The topological polar surface area (TPSA) is 207 Å². The Hall–Kier alpha value is -4.06. The summed E-state index contributed by atoms with van der Waals surface area (Å²) >= 11 is 0. The molecule has 0 saturated heterocycles. The Morgan fingerprint density at radius 2 is 1.34 bits per heavy atom. The van der Waals surface area contributed by atoms with Gasteiger partial charge in [0.1, 0.15) is 0 Å². The molecule has 3 saturated carbocycles. The molecule has 0 aromatic carbocycles. The number of hydrogen-bond acceptors (Lipinski definition) is 7. The standard InChI is InChI=1S/C12H18O2.C10H14O3.C8H9NO4.C8H10O2/c1-11(2,3)12(10(13)14)7-8-4-5-9(12)6-8;11-4-3-10(9(12)13)6-7-1-2-8(10)5-7;10-6-3-4-7(11)9(6)5-1-2-8(12)13;9-8(10)7-4-5-1-2-6(7)3-5/h4-5,8-9H,6-7H2,1-3H3,(H,13,14);1-2,7-8,11H,3-6H2,(H,12,13);3-4H,1-2,5H2,(H,12,13);1-2,5-7H,3-4H2,(H,9,10). The van der Waals surface area contributed by atoms with Crippen LogP contribution >= 0.6 is 0 Å². The molecular weight excluding hydrogens is 646 g/mol. The zero-order valence-corrected chi connectivity index (χ0v) is 29.1. The largest absolute Gasteiger partial charge is 0.481 e. The van der Waals surface area contributed by atoms with E-state index in [1.807, 2.05) is 6.08 Å². The fourth-order valence-electron chi connectivity index (χ4n) is 9.18. The normalized spacial score (nSPS) is 34.6. The number of amides is 2. The number of carboxylic acids is 4. The van der Waals surface area contributed by atoms with Crippen LogP contribution in [0.25, 0.3) is 0 Å². The third-order valence-corrected chi connectivity index (χ3v) is 11.9. The van der Waals surface area contributed by atoms with Crippen molar-refractivity contribution in [2.45, 2.75) is 78.6 Å². The summed E-state index contributed by atoms with van der Waals surface area (Å²) in [5.74, 6) is -1.41. The molecule has 0 aromatic rings. The lowest BCUT2D eigenvalue weighted by Crippen LogP contribution is -2.46. The number of aliphatic hydroxyl groups is 1. The third-order valence-electron chi connectivity index (χ3n) is 11.9. The molecule has 3 fully saturated rings. The molecule has 50 heavy (non-hydrogen) atoms. The third kappa shape index (κ3) is 7.95. The van der Waals surface area contributed by atoms with Gasteiger partial charge in [0, 0.05) is 31.7 Å². The van der Waals surface area contributed by atoms with Crippen molar-refractivity contribution in [2.75, 3.05) is 13.2 Å². The first-order chi connectivity index (χ1) is 23.4. The van der Waals surface area contributed by atoms with E-state index in [0.717, 1.165) is 37.0 Å². The van der Waals surface area contributed by atoms with Crippen LogP contribution in [0.1, 0.15) is 78.6 Å². The summed E-state index contributed by atoms with van der Waals surface area (Å²) in [6.45, 7) is 6.31. The van der Waals surface area contributed by atoms with E-state index in [4.69, 9.17) is 15.3 Å². The van der Waals surface area contributed by atoms with Gasteiger partial charge in [0.25, 0.3) is 11.8 Å². The van der Waals surface area contributed by atoms with Gasteiger partial charge in [-0.05, 0) is 92.3 Å². The van der Waals surface area contributed by atoms with Gasteiger partial charge in [0.15, 0.2) is 0 Å². The highest BCUT2D eigenvalue weighted by molar-refractivity contribution is 6.12. The van der Waals surface area contributed by atoms with E-state index in [-0.39, 0.29) is 54.6 Å². The molecule has 12 nitrogen and oxygen atoms in total. The highest BCUT2D eigenvalue weighted by atomic mass is 16.4. The van der Waals surface area contributed by atoms with E-state index in [1.165, 1.54) is 12.2 Å². The molecular formula is C38H51NO11. The van der Waals surface area contributed by atoms with Crippen molar-refractivity contribution >= 4 is 35.7 Å². The Kier molecular flexibility index (Phi) is 12.0. The Bertz CT molecular complexity index is 1450. The molecule has 12 heteroatoms. The molecule has 6 aliphatic carbocycles. The maximum atomic E-state index is 11.5. The second-order valence-corrected chi connectivity index (χ2v) is 15.7. The summed E-state index contributed by atoms with van der Waals surface area (Å²) in [6, 6.07) is 0. The second kappa shape index (κ2) is 15.4. The van der Waals surface area contributed by atoms with Gasteiger partial charge in [-0.2, -0.15) is 0 Å². The van der Waals surface area contributed by atoms with E-state index >= 15 is 0 Å². The predicted molar refractivity (Wildman–Crippen MR) is 181 cm³/mol. The van der Waals surface area contributed by atoms with Crippen molar-refractivity contribution in [2.24, 2.45) is 57.7 Å². The predicted octanol–water partition coefficient (Wildman–Crippen LogP) is 4.79. The van der Waals surface area contributed by atoms with Crippen molar-refractivity contribution in [1.82, 2.24) is 4.90 Å². The summed E-state index contributed by atoms with van der Waals surface area (Å²) in [6.07, 6.45) is 21.2. The first-order valence-corrected chi connectivity index (χ1v) is 17.6. The second-order valence-electron chi connectivity index (χ2n) is 15.7. The molecule has 7 aliphatic rings. The summed E-state index contributed by atoms with van der Waals surface area (Å²) < 4.78 is 0. The van der Waals surface area contributed by atoms with Crippen LogP contribution in [0.5, 0.6) is 0 Å². The summed E-state index contributed by atoms with van der Waals surface area (Å²) in [4.78, 5) is 66.3. The van der Waals surface area contributed by atoms with Crippen LogP contribution in [0.15, 0.2) is 48.6 Å². The average molecular weight is 698 g/mol. The molecule has 0 radical (unpaired) electrons. The molecule has 5 N–H and O–H groups in total. The number of hydrogen-bond donors (Lipinski definition) is 5. The van der Waals surface area contributed by atoms with Gasteiger partial charge in [-0.1, -0.05) is 57.2 Å².